The third-order valence-corrected chi connectivity index (χ3v) is 5.41. The highest BCUT2D eigenvalue weighted by atomic mass is 32.1. The molecule has 0 saturated heterocycles. The van der Waals surface area contributed by atoms with Crippen molar-refractivity contribution in [2.75, 3.05) is 0 Å². The number of carbonyl (C=O) groups excluding carboxylic acids is 1. The number of hydrogen-bond acceptors (Lipinski definition) is 4. The van der Waals surface area contributed by atoms with Crippen molar-refractivity contribution in [3.63, 3.8) is 0 Å². The number of rotatable bonds is 4. The number of thiophene rings is 1. The molecule has 22 heavy (non-hydrogen) atoms. The third-order valence-electron chi connectivity index (χ3n) is 4.24. The Labute approximate surface area is 131 Å². The van der Waals surface area contributed by atoms with Gasteiger partial charge in [-0.3, -0.25) is 19.1 Å². The van der Waals surface area contributed by atoms with Crippen LogP contribution in [-0.4, -0.2) is 15.5 Å². The van der Waals surface area contributed by atoms with Gasteiger partial charge in [0.1, 0.15) is 4.83 Å². The van der Waals surface area contributed by atoms with Crippen LogP contribution >= 0.6 is 11.3 Å². The average molecular weight is 321 g/mol. The van der Waals surface area contributed by atoms with Gasteiger partial charge in [-0.15, -0.1) is 11.3 Å². The van der Waals surface area contributed by atoms with Crippen molar-refractivity contribution in [1.29, 1.82) is 0 Å². The number of fused-ring (bicyclic) bond motifs is 3. The van der Waals surface area contributed by atoms with Crippen molar-refractivity contribution in [1.82, 2.24) is 9.55 Å². The lowest BCUT2D eigenvalue weighted by Crippen LogP contribution is -2.35. The largest absolute Gasteiger partial charge is 0.370 e. The number of aromatic amines is 1. The van der Waals surface area contributed by atoms with Crippen LogP contribution in [-0.2, 0) is 24.2 Å². The molecule has 0 aliphatic heterocycles. The summed E-state index contributed by atoms with van der Waals surface area (Å²) >= 11 is 1.53. The highest BCUT2D eigenvalue weighted by Gasteiger charge is 2.23. The van der Waals surface area contributed by atoms with E-state index in [1.165, 1.54) is 20.8 Å². The van der Waals surface area contributed by atoms with Gasteiger partial charge in [0.05, 0.1) is 5.39 Å². The number of aryl methyl sites for hydroxylation is 1. The monoisotopic (exact) mass is 321 g/mol. The van der Waals surface area contributed by atoms with E-state index in [1.54, 1.807) is 0 Å². The zero-order valence-corrected chi connectivity index (χ0v) is 13.3. The van der Waals surface area contributed by atoms with Crippen LogP contribution in [0.15, 0.2) is 9.59 Å². The molecule has 1 unspecified atom stereocenters. The van der Waals surface area contributed by atoms with Crippen LogP contribution < -0.4 is 17.0 Å². The molecule has 0 spiro atoms. The Morgan fingerprint density at radius 2 is 2.23 bits per heavy atom. The topological polar surface area (TPSA) is 97.9 Å². The van der Waals surface area contributed by atoms with E-state index in [0.717, 1.165) is 24.8 Å². The second kappa shape index (κ2) is 5.72. The second-order valence-corrected chi connectivity index (χ2v) is 7.12. The van der Waals surface area contributed by atoms with Crippen LogP contribution in [0.5, 0.6) is 0 Å². The van der Waals surface area contributed by atoms with Crippen LogP contribution in [0.1, 0.15) is 36.6 Å². The fourth-order valence-electron chi connectivity index (χ4n) is 3.07. The zero-order valence-electron chi connectivity index (χ0n) is 12.5. The minimum Gasteiger partial charge on any atom is -0.370 e. The Bertz CT molecular complexity index is 846. The van der Waals surface area contributed by atoms with E-state index in [9.17, 15) is 14.4 Å². The Morgan fingerprint density at radius 3 is 2.95 bits per heavy atom. The van der Waals surface area contributed by atoms with Crippen molar-refractivity contribution in [2.45, 2.75) is 45.6 Å². The van der Waals surface area contributed by atoms with Gasteiger partial charge in [0, 0.05) is 17.8 Å². The van der Waals surface area contributed by atoms with Gasteiger partial charge in [-0.2, -0.15) is 0 Å². The number of nitrogens with one attached hydrogen (secondary N) is 1. The normalized spacial score (nSPS) is 17.6. The molecule has 1 aliphatic carbocycles. The number of H-pyrrole nitrogens is 1. The van der Waals surface area contributed by atoms with Crippen molar-refractivity contribution >= 4 is 27.5 Å². The van der Waals surface area contributed by atoms with Gasteiger partial charge < -0.3 is 5.73 Å². The Morgan fingerprint density at radius 1 is 1.45 bits per heavy atom. The first kappa shape index (κ1) is 15.0. The number of hydrogen-bond donors (Lipinski definition) is 2. The molecular weight excluding hydrogens is 302 g/mol. The molecule has 3 N–H and O–H groups in total. The summed E-state index contributed by atoms with van der Waals surface area (Å²) < 4.78 is 1.19. The summed E-state index contributed by atoms with van der Waals surface area (Å²) in [6.07, 6.45) is 3.49. The van der Waals surface area contributed by atoms with E-state index in [1.807, 2.05) is 0 Å². The molecule has 2 aromatic heterocycles. The van der Waals surface area contributed by atoms with Gasteiger partial charge in [-0.25, -0.2) is 4.79 Å². The number of carbonyl (C=O) groups is 1. The van der Waals surface area contributed by atoms with E-state index >= 15 is 0 Å². The molecule has 0 saturated carbocycles. The lowest BCUT2D eigenvalue weighted by molar-refractivity contribution is -0.118. The van der Waals surface area contributed by atoms with Gasteiger partial charge in [0.15, 0.2) is 0 Å². The van der Waals surface area contributed by atoms with Gasteiger partial charge >= 0.3 is 5.69 Å². The molecule has 0 bridgehead atoms. The maximum atomic E-state index is 12.7. The number of aromatic nitrogens is 2. The summed E-state index contributed by atoms with van der Waals surface area (Å²) in [5, 5.41) is 0.658. The van der Waals surface area contributed by atoms with Crippen LogP contribution in [0.3, 0.4) is 0 Å². The highest BCUT2D eigenvalue weighted by Crippen LogP contribution is 2.35. The molecular formula is C15H19N3O3S. The molecule has 0 radical (unpaired) electrons. The summed E-state index contributed by atoms with van der Waals surface area (Å²) in [6, 6.07) is 0. The molecule has 118 valence electrons. The summed E-state index contributed by atoms with van der Waals surface area (Å²) in [5.41, 5.74) is 5.55. The summed E-state index contributed by atoms with van der Waals surface area (Å²) in [5.74, 6) is 0.192. The second-order valence-electron chi connectivity index (χ2n) is 6.01. The van der Waals surface area contributed by atoms with E-state index in [0.29, 0.717) is 22.6 Å². The number of nitrogens with zero attached hydrogens (tertiary/aromatic N) is 1. The van der Waals surface area contributed by atoms with Crippen LogP contribution in [0, 0.1) is 5.92 Å². The standard InChI is InChI=1S/C15H19N3O3S/c1-8-4-5-9-10(7-8)22-13-12(9)14(20)18(15(21)17-13)6-2-3-11(16)19/h8H,2-7H2,1H3,(H2,16,19)(H,17,21). The lowest BCUT2D eigenvalue weighted by atomic mass is 9.89. The van der Waals surface area contributed by atoms with Gasteiger partial charge in [0.25, 0.3) is 5.56 Å². The summed E-state index contributed by atoms with van der Waals surface area (Å²) in [6.45, 7) is 2.42. The maximum absolute atomic E-state index is 12.7. The molecule has 0 aromatic carbocycles. The SMILES string of the molecule is CC1CCc2c(sc3[nH]c(=O)n(CCCC(N)=O)c(=O)c23)C1. The van der Waals surface area contributed by atoms with Crippen molar-refractivity contribution in [3.05, 3.63) is 31.3 Å². The molecule has 1 atom stereocenters. The van der Waals surface area contributed by atoms with Crippen molar-refractivity contribution in [3.8, 4) is 0 Å². The lowest BCUT2D eigenvalue weighted by Gasteiger charge is -2.17. The molecule has 1 amide bonds. The predicted octanol–water partition coefficient (Wildman–Crippen LogP) is 1.14. The Kier molecular flexibility index (Phi) is 3.90. The average Bonchev–Trinajstić information content (AvgIpc) is 2.79. The van der Waals surface area contributed by atoms with Gasteiger partial charge in [-0.1, -0.05) is 6.92 Å². The quantitative estimate of drug-likeness (QED) is 0.883. The zero-order chi connectivity index (χ0) is 15.9. The smallest absolute Gasteiger partial charge is 0.329 e. The van der Waals surface area contributed by atoms with Crippen LogP contribution in [0.2, 0.25) is 0 Å². The van der Waals surface area contributed by atoms with Crippen LogP contribution in [0.4, 0.5) is 0 Å². The van der Waals surface area contributed by atoms with E-state index in [-0.39, 0.29) is 18.5 Å². The Balaban J connectivity index is 2.06. The first-order valence-corrected chi connectivity index (χ1v) is 8.34. The third kappa shape index (κ3) is 2.61. The Hall–Kier alpha value is -1.89. The fourth-order valence-corrected chi connectivity index (χ4v) is 4.46. The van der Waals surface area contributed by atoms with Crippen LogP contribution in [0.25, 0.3) is 10.2 Å². The molecule has 3 rings (SSSR count). The van der Waals surface area contributed by atoms with Crippen molar-refractivity contribution in [2.24, 2.45) is 11.7 Å². The molecule has 6 nitrogen and oxygen atoms in total. The van der Waals surface area contributed by atoms with Crippen molar-refractivity contribution < 1.29 is 4.79 Å². The molecule has 2 aromatic rings. The molecule has 7 heteroatoms. The molecule has 2 heterocycles. The first-order valence-electron chi connectivity index (χ1n) is 7.53. The van der Waals surface area contributed by atoms with E-state index in [4.69, 9.17) is 5.73 Å². The fraction of sp³-hybridized carbons (Fsp3) is 0.533. The highest BCUT2D eigenvalue weighted by molar-refractivity contribution is 7.18. The minimum absolute atomic E-state index is 0.170. The number of amides is 1. The first-order chi connectivity index (χ1) is 10.5. The summed E-state index contributed by atoms with van der Waals surface area (Å²) in [4.78, 5) is 40.3. The number of nitrogens with two attached hydrogens (primary N) is 1. The van der Waals surface area contributed by atoms with E-state index < -0.39 is 11.6 Å². The molecule has 0 fully saturated rings. The molecule has 1 aliphatic rings. The number of primary amides is 1. The van der Waals surface area contributed by atoms with Gasteiger partial charge in [-0.05, 0) is 37.2 Å². The maximum Gasteiger partial charge on any atom is 0.329 e. The minimum atomic E-state index is -0.424. The van der Waals surface area contributed by atoms with Gasteiger partial charge in [0.2, 0.25) is 5.91 Å². The van der Waals surface area contributed by atoms with E-state index in [2.05, 4.69) is 11.9 Å². The predicted molar refractivity (Wildman–Crippen MR) is 86.3 cm³/mol. The summed E-state index contributed by atoms with van der Waals surface area (Å²) in [7, 11) is 0.